The number of nitro groups is 1. The molecule has 0 fully saturated rings. The maximum atomic E-state index is 11.9. The molecule has 17 heavy (non-hydrogen) atoms. The number of likely N-dealkylation sites (N-methyl/N-ethyl adjacent to an activating group) is 1. The lowest BCUT2D eigenvalue weighted by Gasteiger charge is -2.17. The summed E-state index contributed by atoms with van der Waals surface area (Å²) in [5.74, 6) is -1.05. The molecule has 92 valence electrons. The van der Waals surface area contributed by atoms with Gasteiger partial charge in [-0.05, 0) is 17.7 Å². The van der Waals surface area contributed by atoms with Crippen molar-refractivity contribution >= 4 is 17.5 Å². The monoisotopic (exact) mass is 256 g/mol. The Labute approximate surface area is 104 Å². The summed E-state index contributed by atoms with van der Waals surface area (Å²) in [5.41, 5.74) is 0.602. The van der Waals surface area contributed by atoms with Crippen LogP contribution in [-0.2, 0) is 4.79 Å². The van der Waals surface area contributed by atoms with Crippen LogP contribution in [0.2, 0.25) is 5.02 Å². The van der Waals surface area contributed by atoms with Crippen molar-refractivity contribution in [2.75, 3.05) is 20.6 Å². The summed E-state index contributed by atoms with van der Waals surface area (Å²) in [4.78, 5) is 23.3. The molecule has 1 atom stereocenters. The number of rotatable bonds is 4. The lowest BCUT2D eigenvalue weighted by Crippen LogP contribution is -2.32. The second-order valence-electron chi connectivity index (χ2n) is 3.85. The smallest absolute Gasteiger partial charge is 0.236 e. The third kappa shape index (κ3) is 3.71. The van der Waals surface area contributed by atoms with E-state index in [1.54, 1.807) is 38.4 Å². The van der Waals surface area contributed by atoms with Crippen LogP contribution in [-0.4, -0.2) is 36.4 Å². The van der Waals surface area contributed by atoms with E-state index >= 15 is 0 Å². The van der Waals surface area contributed by atoms with Crippen LogP contribution in [0.15, 0.2) is 24.3 Å². The van der Waals surface area contributed by atoms with Gasteiger partial charge in [0.15, 0.2) is 0 Å². The van der Waals surface area contributed by atoms with Gasteiger partial charge in [0, 0.05) is 24.0 Å². The maximum Gasteiger partial charge on any atom is 0.236 e. The van der Waals surface area contributed by atoms with Gasteiger partial charge in [0.2, 0.25) is 12.5 Å². The van der Waals surface area contributed by atoms with Gasteiger partial charge in [-0.1, -0.05) is 23.7 Å². The summed E-state index contributed by atoms with van der Waals surface area (Å²) in [6.07, 6.45) is 0. The highest BCUT2D eigenvalue weighted by Crippen LogP contribution is 2.20. The molecular formula is C11H13ClN2O3. The van der Waals surface area contributed by atoms with E-state index < -0.39 is 17.4 Å². The number of hydrogen-bond acceptors (Lipinski definition) is 3. The third-order valence-corrected chi connectivity index (χ3v) is 2.59. The first-order chi connectivity index (χ1) is 7.91. The van der Waals surface area contributed by atoms with Crippen molar-refractivity contribution in [1.82, 2.24) is 4.90 Å². The van der Waals surface area contributed by atoms with Gasteiger partial charge in [-0.15, -0.1) is 0 Å². The van der Waals surface area contributed by atoms with Gasteiger partial charge in [0.1, 0.15) is 5.92 Å². The molecule has 0 aliphatic heterocycles. The Hall–Kier alpha value is -1.62. The zero-order chi connectivity index (χ0) is 13.0. The molecule has 0 bridgehead atoms. The van der Waals surface area contributed by atoms with Crippen LogP contribution in [0.25, 0.3) is 0 Å². The van der Waals surface area contributed by atoms with E-state index in [1.807, 2.05) is 0 Å². The Balaban J connectivity index is 3.01. The molecular weight excluding hydrogens is 244 g/mol. The minimum Gasteiger partial charge on any atom is -0.348 e. The highest BCUT2D eigenvalue weighted by molar-refractivity contribution is 6.30. The second kappa shape index (κ2) is 5.63. The van der Waals surface area contributed by atoms with Gasteiger partial charge >= 0.3 is 0 Å². The molecule has 0 aliphatic rings. The molecule has 5 nitrogen and oxygen atoms in total. The topological polar surface area (TPSA) is 63.5 Å². The van der Waals surface area contributed by atoms with Gasteiger partial charge in [-0.3, -0.25) is 14.9 Å². The first-order valence-electron chi connectivity index (χ1n) is 5.00. The highest BCUT2D eigenvalue weighted by Gasteiger charge is 2.27. The molecule has 6 heteroatoms. The number of carbonyl (C=O) groups is 1. The minimum absolute atomic E-state index is 0.288. The molecule has 0 saturated heterocycles. The Kier molecular flexibility index (Phi) is 4.45. The summed E-state index contributed by atoms with van der Waals surface area (Å²) >= 11 is 5.73. The zero-order valence-corrected chi connectivity index (χ0v) is 10.3. The van der Waals surface area contributed by atoms with Gasteiger partial charge in [0.25, 0.3) is 0 Å². The number of halogens is 1. The van der Waals surface area contributed by atoms with Crippen LogP contribution in [0.3, 0.4) is 0 Å². The molecule has 1 aromatic rings. The van der Waals surface area contributed by atoms with Crippen LogP contribution in [0.1, 0.15) is 11.5 Å². The van der Waals surface area contributed by atoms with Crippen molar-refractivity contribution in [2.24, 2.45) is 0 Å². The standard InChI is InChI=1S/C11H13ClN2O3/c1-13(2)11(15)10(7-14(16)17)8-3-5-9(12)6-4-8/h3-6,10H,7H2,1-2H3. The SMILES string of the molecule is CN(C)C(=O)C(C[N+](=O)[O-])c1ccc(Cl)cc1. The summed E-state index contributed by atoms with van der Waals surface area (Å²) in [6, 6.07) is 6.51. The van der Waals surface area contributed by atoms with Gasteiger partial charge < -0.3 is 4.90 Å². The molecule has 0 N–H and O–H groups in total. The molecule has 0 aromatic heterocycles. The number of amides is 1. The third-order valence-electron chi connectivity index (χ3n) is 2.34. The highest BCUT2D eigenvalue weighted by atomic mass is 35.5. The molecule has 0 saturated carbocycles. The van der Waals surface area contributed by atoms with Crippen molar-refractivity contribution in [2.45, 2.75) is 5.92 Å². The quantitative estimate of drug-likeness (QED) is 0.609. The predicted octanol–water partition coefficient (Wildman–Crippen LogP) is 1.79. The molecule has 0 heterocycles. The van der Waals surface area contributed by atoms with Crippen molar-refractivity contribution in [3.63, 3.8) is 0 Å². The van der Waals surface area contributed by atoms with E-state index in [1.165, 1.54) is 4.90 Å². The largest absolute Gasteiger partial charge is 0.348 e. The Morgan fingerprint density at radius 3 is 2.35 bits per heavy atom. The minimum atomic E-state index is -0.766. The second-order valence-corrected chi connectivity index (χ2v) is 4.29. The van der Waals surface area contributed by atoms with Crippen molar-refractivity contribution < 1.29 is 9.72 Å². The van der Waals surface area contributed by atoms with Gasteiger partial charge in [-0.2, -0.15) is 0 Å². The van der Waals surface area contributed by atoms with Crippen molar-refractivity contribution in [1.29, 1.82) is 0 Å². The normalized spacial score (nSPS) is 11.9. The maximum absolute atomic E-state index is 11.9. The van der Waals surface area contributed by atoms with E-state index in [0.29, 0.717) is 10.6 Å². The van der Waals surface area contributed by atoms with E-state index in [0.717, 1.165) is 0 Å². The molecule has 0 radical (unpaired) electrons. The first-order valence-corrected chi connectivity index (χ1v) is 5.38. The van der Waals surface area contributed by atoms with E-state index in [4.69, 9.17) is 11.6 Å². The molecule has 1 unspecified atom stereocenters. The lowest BCUT2D eigenvalue weighted by atomic mass is 9.98. The van der Waals surface area contributed by atoms with Crippen LogP contribution < -0.4 is 0 Å². The summed E-state index contributed by atoms with van der Waals surface area (Å²) in [6.45, 7) is -0.418. The molecule has 0 spiro atoms. The molecule has 1 amide bonds. The van der Waals surface area contributed by atoms with Crippen LogP contribution >= 0.6 is 11.6 Å². The fraction of sp³-hybridized carbons (Fsp3) is 0.364. The van der Waals surface area contributed by atoms with E-state index in [-0.39, 0.29) is 5.91 Å². The van der Waals surface area contributed by atoms with Gasteiger partial charge in [-0.25, -0.2) is 0 Å². The average molecular weight is 257 g/mol. The summed E-state index contributed by atoms with van der Waals surface area (Å²) < 4.78 is 0. The first kappa shape index (κ1) is 13.4. The number of hydrogen-bond donors (Lipinski definition) is 0. The fourth-order valence-corrected chi connectivity index (χ4v) is 1.61. The summed E-state index contributed by atoms with van der Waals surface area (Å²) in [7, 11) is 3.15. The molecule has 0 aliphatic carbocycles. The number of carbonyl (C=O) groups excluding carboxylic acids is 1. The average Bonchev–Trinajstić information content (AvgIpc) is 2.26. The number of benzene rings is 1. The Morgan fingerprint density at radius 1 is 1.41 bits per heavy atom. The van der Waals surface area contributed by atoms with Crippen LogP contribution in [0.4, 0.5) is 0 Å². The fourth-order valence-electron chi connectivity index (χ4n) is 1.48. The van der Waals surface area contributed by atoms with Crippen LogP contribution in [0, 0.1) is 10.1 Å². The Morgan fingerprint density at radius 2 is 1.94 bits per heavy atom. The van der Waals surface area contributed by atoms with Gasteiger partial charge in [0.05, 0.1) is 0 Å². The van der Waals surface area contributed by atoms with E-state index in [2.05, 4.69) is 0 Å². The molecule has 1 aromatic carbocycles. The summed E-state index contributed by atoms with van der Waals surface area (Å²) in [5, 5.41) is 11.1. The predicted molar refractivity (Wildman–Crippen MR) is 64.7 cm³/mol. The Bertz CT molecular complexity index is 417. The zero-order valence-electron chi connectivity index (χ0n) is 9.59. The number of nitrogens with zero attached hydrogens (tertiary/aromatic N) is 2. The lowest BCUT2D eigenvalue weighted by molar-refractivity contribution is -0.481. The van der Waals surface area contributed by atoms with Crippen molar-refractivity contribution in [3.05, 3.63) is 45.0 Å². The van der Waals surface area contributed by atoms with E-state index in [9.17, 15) is 14.9 Å². The van der Waals surface area contributed by atoms with Crippen LogP contribution in [0.5, 0.6) is 0 Å². The van der Waals surface area contributed by atoms with Crippen molar-refractivity contribution in [3.8, 4) is 0 Å². The molecule has 1 rings (SSSR count).